The summed E-state index contributed by atoms with van der Waals surface area (Å²) in [5.74, 6) is -2.06. The largest absolute Gasteiger partial charge is 0.456 e. The number of rotatable bonds is 4. The number of fused-ring (bicyclic) bond motifs is 1. The van der Waals surface area contributed by atoms with Crippen molar-refractivity contribution in [2.24, 2.45) is 0 Å². The van der Waals surface area contributed by atoms with Gasteiger partial charge in [0.25, 0.3) is 0 Å². The number of para-hydroxylation sites is 1. The van der Waals surface area contributed by atoms with Crippen molar-refractivity contribution in [1.29, 1.82) is 0 Å². The van der Waals surface area contributed by atoms with Gasteiger partial charge in [0.15, 0.2) is 0 Å². The van der Waals surface area contributed by atoms with Crippen molar-refractivity contribution in [3.63, 3.8) is 0 Å². The van der Waals surface area contributed by atoms with E-state index in [9.17, 15) is 18.0 Å². The molecule has 1 aliphatic rings. The molecule has 6 heteroatoms. The molecule has 21 heavy (non-hydrogen) atoms. The summed E-state index contributed by atoms with van der Waals surface area (Å²) in [5.41, 5.74) is 1.50. The van der Waals surface area contributed by atoms with Crippen LogP contribution in [0.4, 0.5) is 18.9 Å². The van der Waals surface area contributed by atoms with Crippen molar-refractivity contribution < 1.29 is 22.7 Å². The molecule has 0 N–H and O–H groups in total. The Labute approximate surface area is 120 Å². The third-order valence-corrected chi connectivity index (χ3v) is 3.25. The maximum absolute atomic E-state index is 12.4. The molecule has 0 aliphatic carbocycles. The molecular weight excluding hydrogens is 283 g/mol. The molecule has 1 aromatic rings. The second-order valence-electron chi connectivity index (χ2n) is 4.77. The Bertz CT molecular complexity index is 607. The fourth-order valence-corrected chi connectivity index (χ4v) is 2.19. The minimum absolute atomic E-state index is 0.144. The van der Waals surface area contributed by atoms with E-state index in [1.807, 2.05) is 12.1 Å². The Morgan fingerprint density at radius 1 is 1.33 bits per heavy atom. The van der Waals surface area contributed by atoms with E-state index in [0.29, 0.717) is 5.69 Å². The third-order valence-electron chi connectivity index (χ3n) is 3.25. The average Bonchev–Trinajstić information content (AvgIpc) is 2.63. The van der Waals surface area contributed by atoms with Gasteiger partial charge in [-0.05, 0) is 18.6 Å². The molecule has 1 aliphatic heterocycles. The number of alkyl halides is 3. The van der Waals surface area contributed by atoms with E-state index >= 15 is 0 Å². The zero-order valence-electron chi connectivity index (χ0n) is 11.4. The first-order chi connectivity index (χ1) is 9.71. The zero-order valence-corrected chi connectivity index (χ0v) is 11.4. The maximum atomic E-state index is 12.4. The Hall–Kier alpha value is -2.24. The number of anilines is 1. The lowest BCUT2D eigenvalue weighted by Gasteiger charge is -2.20. The molecule has 1 heterocycles. The third kappa shape index (κ3) is 2.94. The van der Waals surface area contributed by atoms with Crippen molar-refractivity contribution in [1.82, 2.24) is 0 Å². The van der Waals surface area contributed by atoms with Gasteiger partial charge in [0.05, 0.1) is 12.5 Å². The molecule has 1 unspecified atom stereocenters. The summed E-state index contributed by atoms with van der Waals surface area (Å²) in [7, 11) is 0. The minimum atomic E-state index is -4.65. The molecule has 112 valence electrons. The topological polar surface area (TPSA) is 29.5 Å². The van der Waals surface area contributed by atoms with Gasteiger partial charge in [0.1, 0.15) is 5.76 Å². The van der Waals surface area contributed by atoms with Crippen LogP contribution in [-0.2, 0) is 9.53 Å². The molecular formula is C15H14F3NO2. The van der Waals surface area contributed by atoms with Gasteiger partial charge in [-0.2, -0.15) is 13.2 Å². The summed E-state index contributed by atoms with van der Waals surface area (Å²) in [6.07, 6.45) is -4.65. The highest BCUT2D eigenvalue weighted by molar-refractivity contribution is 6.04. The number of ether oxygens (including phenoxy) is 1. The molecule has 0 radical (unpaired) electrons. The van der Waals surface area contributed by atoms with Crippen LogP contribution in [0.3, 0.4) is 0 Å². The molecule has 0 aromatic heterocycles. The van der Waals surface area contributed by atoms with Crippen LogP contribution in [0.1, 0.15) is 18.4 Å². The standard InChI is InChI=1S/C15H14F3NO2/c1-9(21-11(3)15(16,17)18)8-19-13-7-5-4-6-12(13)10(2)14(19)20/h4-7,10H,1,3,8H2,2H3. The number of benzene rings is 1. The number of amides is 1. The van der Waals surface area contributed by atoms with Crippen molar-refractivity contribution in [3.8, 4) is 0 Å². The summed E-state index contributed by atoms with van der Waals surface area (Å²) in [6, 6.07) is 7.12. The van der Waals surface area contributed by atoms with Gasteiger partial charge in [-0.15, -0.1) is 0 Å². The second kappa shape index (κ2) is 5.27. The number of hydrogen-bond acceptors (Lipinski definition) is 2. The van der Waals surface area contributed by atoms with Crippen LogP contribution in [0, 0.1) is 0 Å². The van der Waals surface area contributed by atoms with Crippen molar-refractivity contribution in [2.45, 2.75) is 19.0 Å². The highest BCUT2D eigenvalue weighted by Gasteiger charge is 2.37. The van der Waals surface area contributed by atoms with Gasteiger partial charge in [0.2, 0.25) is 11.7 Å². The number of hydrogen-bond donors (Lipinski definition) is 0. The summed E-state index contributed by atoms with van der Waals surface area (Å²) in [5, 5.41) is 0. The van der Waals surface area contributed by atoms with E-state index in [4.69, 9.17) is 0 Å². The van der Waals surface area contributed by atoms with Crippen LogP contribution in [0.5, 0.6) is 0 Å². The van der Waals surface area contributed by atoms with Crippen LogP contribution in [-0.4, -0.2) is 18.6 Å². The van der Waals surface area contributed by atoms with E-state index in [2.05, 4.69) is 17.9 Å². The molecule has 0 bridgehead atoms. The number of halogens is 3. The van der Waals surface area contributed by atoms with Gasteiger partial charge in [-0.3, -0.25) is 4.79 Å². The molecule has 0 saturated carbocycles. The van der Waals surface area contributed by atoms with Gasteiger partial charge in [0, 0.05) is 5.69 Å². The lowest BCUT2D eigenvalue weighted by Crippen LogP contribution is -2.31. The minimum Gasteiger partial charge on any atom is -0.456 e. The second-order valence-corrected chi connectivity index (χ2v) is 4.77. The van der Waals surface area contributed by atoms with Gasteiger partial charge >= 0.3 is 6.18 Å². The van der Waals surface area contributed by atoms with E-state index in [1.54, 1.807) is 19.1 Å². The molecule has 0 spiro atoms. The Morgan fingerprint density at radius 3 is 2.57 bits per heavy atom. The Kier molecular flexibility index (Phi) is 3.80. The van der Waals surface area contributed by atoms with Gasteiger partial charge in [-0.1, -0.05) is 31.4 Å². The number of allylic oxidation sites excluding steroid dienone is 1. The van der Waals surface area contributed by atoms with E-state index in [0.717, 1.165) is 5.56 Å². The fourth-order valence-electron chi connectivity index (χ4n) is 2.19. The Morgan fingerprint density at radius 2 is 1.95 bits per heavy atom. The van der Waals surface area contributed by atoms with Crippen LogP contribution < -0.4 is 4.90 Å². The van der Waals surface area contributed by atoms with Crippen molar-refractivity contribution in [2.75, 3.05) is 11.4 Å². The van der Waals surface area contributed by atoms with Gasteiger partial charge < -0.3 is 9.64 Å². The molecule has 0 fully saturated rings. The smallest absolute Gasteiger partial charge is 0.448 e. The molecule has 1 atom stereocenters. The highest BCUT2D eigenvalue weighted by Crippen LogP contribution is 2.37. The van der Waals surface area contributed by atoms with Crippen molar-refractivity contribution >= 4 is 11.6 Å². The van der Waals surface area contributed by atoms with Crippen LogP contribution in [0.15, 0.2) is 48.9 Å². The fraction of sp³-hybridized carbons (Fsp3) is 0.267. The lowest BCUT2D eigenvalue weighted by molar-refractivity contribution is -0.123. The first-order valence-corrected chi connectivity index (χ1v) is 6.24. The number of carbonyl (C=O) groups is 1. The first kappa shape index (κ1) is 15.2. The zero-order chi connectivity index (χ0) is 15.8. The lowest BCUT2D eigenvalue weighted by atomic mass is 10.0. The first-order valence-electron chi connectivity index (χ1n) is 6.24. The Balaban J connectivity index is 2.12. The van der Waals surface area contributed by atoms with Crippen LogP contribution in [0.2, 0.25) is 0 Å². The molecule has 3 nitrogen and oxygen atoms in total. The van der Waals surface area contributed by atoms with E-state index < -0.39 is 11.9 Å². The summed E-state index contributed by atoms with van der Waals surface area (Å²) >= 11 is 0. The normalized spacial score (nSPS) is 17.6. The average molecular weight is 297 g/mol. The summed E-state index contributed by atoms with van der Waals surface area (Å²) < 4.78 is 41.6. The summed E-state index contributed by atoms with van der Waals surface area (Å²) in [6.45, 7) is 7.84. The predicted octanol–water partition coefficient (Wildman–Crippen LogP) is 3.74. The highest BCUT2D eigenvalue weighted by atomic mass is 19.4. The van der Waals surface area contributed by atoms with Crippen LogP contribution in [0.25, 0.3) is 0 Å². The SMILES string of the molecule is C=C(CN1C(=O)C(C)c2ccccc21)OC(=C)C(F)(F)F. The van der Waals surface area contributed by atoms with E-state index in [-0.39, 0.29) is 24.1 Å². The predicted molar refractivity (Wildman–Crippen MR) is 72.6 cm³/mol. The quantitative estimate of drug-likeness (QED) is 0.792. The van der Waals surface area contributed by atoms with Crippen molar-refractivity contribution in [3.05, 3.63) is 54.5 Å². The molecule has 1 aromatic carbocycles. The number of nitrogens with zero attached hydrogens (tertiary/aromatic N) is 1. The molecule has 2 rings (SSSR count). The molecule has 1 amide bonds. The van der Waals surface area contributed by atoms with Crippen LogP contribution >= 0.6 is 0 Å². The van der Waals surface area contributed by atoms with E-state index in [1.165, 1.54) is 4.90 Å². The maximum Gasteiger partial charge on any atom is 0.448 e. The molecule has 0 saturated heterocycles. The number of carbonyl (C=O) groups excluding carboxylic acids is 1. The monoisotopic (exact) mass is 297 g/mol. The summed E-state index contributed by atoms with van der Waals surface area (Å²) in [4.78, 5) is 13.5. The van der Waals surface area contributed by atoms with Gasteiger partial charge in [-0.25, -0.2) is 0 Å².